The van der Waals surface area contributed by atoms with Gasteiger partial charge in [0, 0.05) is 39.3 Å². The molecule has 1 aromatic rings. The summed E-state index contributed by atoms with van der Waals surface area (Å²) in [6.07, 6.45) is -4.59. The summed E-state index contributed by atoms with van der Waals surface area (Å²) in [6, 6.07) is 3.98. The van der Waals surface area contributed by atoms with Crippen LogP contribution in [0.1, 0.15) is 48.4 Å². The second-order valence-corrected chi connectivity index (χ2v) is 8.48. The third kappa shape index (κ3) is 6.54. The van der Waals surface area contributed by atoms with E-state index in [-0.39, 0.29) is 11.1 Å². The molecule has 13 nitrogen and oxygen atoms in total. The van der Waals surface area contributed by atoms with E-state index in [1.807, 2.05) is 0 Å². The molecule has 1 aliphatic carbocycles. The van der Waals surface area contributed by atoms with Crippen LogP contribution in [0.15, 0.2) is 30.0 Å². The van der Waals surface area contributed by atoms with Crippen molar-refractivity contribution in [2.24, 2.45) is 5.92 Å². The molecule has 0 bridgehead atoms. The number of phenols is 1. The number of Topliss-reactive ketones (excluding diaryl/α,β-unsaturated/α-hetero) is 1. The number of ether oxygens (including phenoxy) is 6. The molecule has 1 heterocycles. The van der Waals surface area contributed by atoms with Crippen molar-refractivity contribution >= 4 is 35.4 Å². The average molecular weight is 534 g/mol. The number of carbonyl (C=O) groups is 6. The molecule has 1 aliphatic heterocycles. The lowest BCUT2D eigenvalue weighted by Crippen LogP contribution is -2.60. The van der Waals surface area contributed by atoms with E-state index in [1.54, 1.807) is 0 Å². The molecule has 1 aromatic carbocycles. The highest BCUT2D eigenvalue weighted by Crippen LogP contribution is 2.36. The van der Waals surface area contributed by atoms with Crippen LogP contribution in [0.2, 0.25) is 0 Å². The third-order valence-electron chi connectivity index (χ3n) is 5.57. The summed E-state index contributed by atoms with van der Waals surface area (Å²) in [4.78, 5) is 72.7. The SMILES string of the molecule is CC(=O)OC[C@H]1[C@H](OC2=CC(=O)c3cccc(O)c3C2=O)O[C@H](COC(C)=O)[C@@H](OC(C)=O)[C@@H]1OC(C)=O. The maximum atomic E-state index is 13.1. The third-order valence-corrected chi connectivity index (χ3v) is 5.57. The van der Waals surface area contributed by atoms with E-state index in [0.29, 0.717) is 0 Å². The van der Waals surface area contributed by atoms with Crippen molar-refractivity contribution in [1.82, 2.24) is 0 Å². The average Bonchev–Trinajstić information content (AvgIpc) is 2.81. The van der Waals surface area contributed by atoms with E-state index in [0.717, 1.165) is 33.8 Å². The zero-order valence-electron chi connectivity index (χ0n) is 21.0. The molecule has 3 rings (SSSR count). The van der Waals surface area contributed by atoms with Gasteiger partial charge < -0.3 is 33.5 Å². The number of benzene rings is 1. The number of aromatic hydroxyl groups is 1. The van der Waals surface area contributed by atoms with Crippen LogP contribution < -0.4 is 0 Å². The van der Waals surface area contributed by atoms with Crippen molar-refractivity contribution in [3.63, 3.8) is 0 Å². The Morgan fingerprint density at radius 3 is 2.08 bits per heavy atom. The predicted octanol–water partition coefficient (Wildman–Crippen LogP) is 1.00. The molecule has 0 aromatic heterocycles. The van der Waals surface area contributed by atoms with Gasteiger partial charge in [0.2, 0.25) is 12.1 Å². The first-order valence-corrected chi connectivity index (χ1v) is 11.4. The number of fused-ring (bicyclic) bond motifs is 1. The summed E-state index contributed by atoms with van der Waals surface area (Å²) in [6.45, 7) is 3.49. The lowest BCUT2D eigenvalue weighted by Gasteiger charge is -2.44. The van der Waals surface area contributed by atoms with Gasteiger partial charge in [-0.05, 0) is 6.07 Å². The number of phenolic OH excluding ortho intramolecular Hbond substituents is 1. The Hall–Kier alpha value is -4.26. The van der Waals surface area contributed by atoms with Crippen LogP contribution in [-0.4, -0.2) is 78.4 Å². The van der Waals surface area contributed by atoms with Crippen LogP contribution in [0, 0.1) is 5.92 Å². The maximum absolute atomic E-state index is 13.1. The standard InChI is InChI=1S/C25H26O13/c1-11(26)33-9-16-23(35-13(3)28)24(36-14(4)29)20(10-34-12(2)27)38-25(16)37-19-8-18(31)15-6-5-7-17(30)21(15)22(19)32/h5-8,16,20,23-25,30H,9-10H2,1-4H3/t16-,20-,23-,24-,25-/m1/s1. The zero-order chi connectivity index (χ0) is 28.1. The number of ketones is 2. The van der Waals surface area contributed by atoms with Gasteiger partial charge in [-0.2, -0.15) is 0 Å². The Balaban J connectivity index is 2.03. The number of esters is 4. The van der Waals surface area contributed by atoms with Gasteiger partial charge >= 0.3 is 23.9 Å². The fourth-order valence-corrected chi connectivity index (χ4v) is 4.06. The van der Waals surface area contributed by atoms with Crippen LogP contribution >= 0.6 is 0 Å². The summed E-state index contributed by atoms with van der Waals surface area (Å²) in [5.74, 6) is -6.60. The summed E-state index contributed by atoms with van der Waals surface area (Å²) in [7, 11) is 0. The normalized spacial score (nSPS) is 24.4. The monoisotopic (exact) mass is 534 g/mol. The van der Waals surface area contributed by atoms with Gasteiger partial charge in [0.15, 0.2) is 23.8 Å². The Morgan fingerprint density at radius 1 is 0.868 bits per heavy atom. The van der Waals surface area contributed by atoms with E-state index in [1.165, 1.54) is 18.2 Å². The molecule has 2 aliphatic rings. The van der Waals surface area contributed by atoms with Gasteiger partial charge in [0.25, 0.3) is 0 Å². The zero-order valence-corrected chi connectivity index (χ0v) is 21.0. The number of hydrogen-bond donors (Lipinski definition) is 1. The Bertz CT molecular complexity index is 1180. The molecule has 1 N–H and O–H groups in total. The molecule has 204 valence electrons. The van der Waals surface area contributed by atoms with Crippen LogP contribution in [0.25, 0.3) is 0 Å². The quantitative estimate of drug-likeness (QED) is 0.369. The van der Waals surface area contributed by atoms with Crippen molar-refractivity contribution in [3.05, 3.63) is 41.2 Å². The van der Waals surface area contributed by atoms with E-state index in [9.17, 15) is 33.9 Å². The van der Waals surface area contributed by atoms with Gasteiger partial charge in [0.1, 0.15) is 25.1 Å². The smallest absolute Gasteiger partial charge is 0.303 e. The highest BCUT2D eigenvalue weighted by molar-refractivity contribution is 6.24. The molecule has 1 saturated heterocycles. The molecule has 0 saturated carbocycles. The largest absolute Gasteiger partial charge is 0.507 e. The summed E-state index contributed by atoms with van der Waals surface area (Å²) in [5.41, 5.74) is -0.322. The maximum Gasteiger partial charge on any atom is 0.303 e. The second kappa shape index (κ2) is 11.9. The number of allylic oxidation sites excluding steroid dienone is 2. The van der Waals surface area contributed by atoms with E-state index in [4.69, 9.17) is 28.4 Å². The molecule has 1 fully saturated rings. The molecule has 38 heavy (non-hydrogen) atoms. The lowest BCUT2D eigenvalue weighted by atomic mass is 9.90. The van der Waals surface area contributed by atoms with Gasteiger partial charge in [0.05, 0.1) is 11.5 Å². The topological polar surface area (TPSA) is 178 Å². The van der Waals surface area contributed by atoms with Crippen molar-refractivity contribution in [2.75, 3.05) is 13.2 Å². The minimum atomic E-state index is -1.54. The summed E-state index contributed by atoms with van der Waals surface area (Å²) >= 11 is 0. The highest BCUT2D eigenvalue weighted by atomic mass is 16.7. The first-order chi connectivity index (χ1) is 17.9. The minimum absolute atomic E-state index is 0.0381. The molecule has 5 atom stereocenters. The lowest BCUT2D eigenvalue weighted by molar-refractivity contribution is -0.286. The Labute approximate surface area is 216 Å². The van der Waals surface area contributed by atoms with E-state index in [2.05, 4.69) is 0 Å². The first-order valence-electron chi connectivity index (χ1n) is 11.4. The summed E-state index contributed by atoms with van der Waals surface area (Å²) in [5, 5.41) is 10.2. The number of rotatable bonds is 8. The molecule has 0 radical (unpaired) electrons. The molecule has 0 spiro atoms. The molecule has 13 heteroatoms. The van der Waals surface area contributed by atoms with Crippen molar-refractivity contribution in [2.45, 2.75) is 52.3 Å². The Morgan fingerprint density at radius 2 is 1.47 bits per heavy atom. The van der Waals surface area contributed by atoms with Crippen LogP contribution in [0.3, 0.4) is 0 Å². The van der Waals surface area contributed by atoms with Gasteiger partial charge in [-0.25, -0.2) is 0 Å². The predicted molar refractivity (Wildman–Crippen MR) is 122 cm³/mol. The van der Waals surface area contributed by atoms with Crippen LogP contribution in [0.5, 0.6) is 5.75 Å². The molecular weight excluding hydrogens is 508 g/mol. The van der Waals surface area contributed by atoms with Crippen LogP contribution in [-0.2, 0) is 47.6 Å². The van der Waals surface area contributed by atoms with E-state index >= 15 is 0 Å². The first kappa shape index (κ1) is 28.3. The van der Waals surface area contributed by atoms with Crippen molar-refractivity contribution in [3.8, 4) is 5.75 Å². The molecule has 0 unspecified atom stereocenters. The molecular formula is C25H26O13. The fourth-order valence-electron chi connectivity index (χ4n) is 4.06. The van der Waals surface area contributed by atoms with Crippen molar-refractivity contribution in [1.29, 1.82) is 0 Å². The van der Waals surface area contributed by atoms with Gasteiger partial charge in [-0.1, -0.05) is 12.1 Å². The number of carbonyl (C=O) groups excluding carboxylic acids is 6. The minimum Gasteiger partial charge on any atom is -0.507 e. The molecule has 0 amide bonds. The fraction of sp³-hybridized carbons (Fsp3) is 0.440. The van der Waals surface area contributed by atoms with E-state index < -0.39 is 90.7 Å². The second-order valence-electron chi connectivity index (χ2n) is 8.48. The summed E-state index contributed by atoms with van der Waals surface area (Å²) < 4.78 is 32.5. The van der Waals surface area contributed by atoms with Crippen molar-refractivity contribution < 1.29 is 62.3 Å². The highest BCUT2D eigenvalue weighted by Gasteiger charge is 2.52. The Kier molecular flexibility index (Phi) is 8.84. The number of hydrogen-bond acceptors (Lipinski definition) is 13. The van der Waals surface area contributed by atoms with Gasteiger partial charge in [-0.3, -0.25) is 28.8 Å². The van der Waals surface area contributed by atoms with Crippen LogP contribution in [0.4, 0.5) is 0 Å². The van der Waals surface area contributed by atoms with Gasteiger partial charge in [-0.15, -0.1) is 0 Å².